The molecule has 1 N–H and O–H groups in total. The molecule has 2 aromatic carbocycles. The molecule has 0 bridgehead atoms. The van der Waals surface area contributed by atoms with E-state index in [2.05, 4.69) is 22.0 Å². The van der Waals surface area contributed by atoms with Crippen LogP contribution in [-0.4, -0.2) is 49.1 Å². The first-order chi connectivity index (χ1) is 13.4. The maximum Gasteiger partial charge on any atom is 0.387 e. The summed E-state index contributed by atoms with van der Waals surface area (Å²) in [6, 6.07) is 15.9. The third-order valence-electron chi connectivity index (χ3n) is 4.97. The largest absolute Gasteiger partial charge is 0.435 e. The Morgan fingerprint density at radius 3 is 2.43 bits per heavy atom. The lowest BCUT2D eigenvalue weighted by atomic mass is 10.0. The van der Waals surface area contributed by atoms with Crippen LogP contribution in [0.2, 0.25) is 0 Å². The molecule has 5 nitrogen and oxygen atoms in total. The topological polar surface area (TPSA) is 44.8 Å². The average Bonchev–Trinajstić information content (AvgIpc) is 2.68. The minimum absolute atomic E-state index is 0.0195. The molecule has 0 aliphatic carbocycles. The van der Waals surface area contributed by atoms with Gasteiger partial charge in [0.05, 0.1) is 12.1 Å². The maximum atomic E-state index is 13.0. The summed E-state index contributed by atoms with van der Waals surface area (Å²) in [4.78, 5) is 17.0. The molecule has 2 atom stereocenters. The first kappa shape index (κ1) is 20.1. The highest BCUT2D eigenvalue weighted by atomic mass is 19.3. The summed E-state index contributed by atoms with van der Waals surface area (Å²) in [6.45, 7) is 1.23. The van der Waals surface area contributed by atoms with E-state index in [9.17, 15) is 13.6 Å². The molecule has 7 heteroatoms. The smallest absolute Gasteiger partial charge is 0.387 e. The number of rotatable bonds is 5. The lowest BCUT2D eigenvalue weighted by Gasteiger charge is -2.40. The number of nitrogens with zero attached hydrogens (tertiary/aromatic N) is 2. The van der Waals surface area contributed by atoms with E-state index in [-0.39, 0.29) is 23.9 Å². The van der Waals surface area contributed by atoms with Gasteiger partial charge in [-0.05, 0) is 37.2 Å². The van der Waals surface area contributed by atoms with E-state index in [0.29, 0.717) is 6.54 Å². The molecule has 2 amide bonds. The van der Waals surface area contributed by atoms with Crippen LogP contribution in [0.3, 0.4) is 0 Å². The van der Waals surface area contributed by atoms with Crippen LogP contribution >= 0.6 is 0 Å². The van der Waals surface area contributed by atoms with E-state index in [1.54, 1.807) is 12.1 Å². The molecule has 150 valence electrons. The number of ether oxygens (including phenoxy) is 1. The summed E-state index contributed by atoms with van der Waals surface area (Å²) >= 11 is 0. The van der Waals surface area contributed by atoms with Crippen LogP contribution in [0.4, 0.5) is 13.6 Å². The molecule has 0 radical (unpaired) electrons. The predicted molar refractivity (Wildman–Crippen MR) is 103 cm³/mol. The van der Waals surface area contributed by atoms with Crippen molar-refractivity contribution in [1.82, 2.24) is 15.1 Å². The molecule has 0 spiro atoms. The molecular formula is C21H25F2N3O2. The van der Waals surface area contributed by atoms with Gasteiger partial charge in [-0.1, -0.05) is 42.5 Å². The molecule has 1 saturated heterocycles. The van der Waals surface area contributed by atoms with Gasteiger partial charge < -0.3 is 19.9 Å². The molecule has 1 heterocycles. The van der Waals surface area contributed by atoms with Gasteiger partial charge >= 0.3 is 12.6 Å². The summed E-state index contributed by atoms with van der Waals surface area (Å²) in [5, 5.41) is 3.02. The maximum absolute atomic E-state index is 13.0. The van der Waals surface area contributed by atoms with Gasteiger partial charge in [0.15, 0.2) is 0 Å². The van der Waals surface area contributed by atoms with Gasteiger partial charge in [0, 0.05) is 19.6 Å². The fourth-order valence-corrected chi connectivity index (χ4v) is 3.41. The number of hydrogen-bond acceptors (Lipinski definition) is 3. The predicted octanol–water partition coefficient (Wildman–Crippen LogP) is 4.05. The summed E-state index contributed by atoms with van der Waals surface area (Å²) in [7, 11) is 2.05. The number of amides is 2. The summed E-state index contributed by atoms with van der Waals surface area (Å²) in [6.07, 6.45) is 0. The van der Waals surface area contributed by atoms with Gasteiger partial charge in [0.2, 0.25) is 0 Å². The second kappa shape index (κ2) is 9.01. The Hall–Kier alpha value is -2.67. The van der Waals surface area contributed by atoms with Gasteiger partial charge in [0.1, 0.15) is 5.75 Å². The number of nitrogens with one attached hydrogen (secondary N) is 1. The van der Waals surface area contributed by atoms with Gasteiger partial charge in [-0.3, -0.25) is 0 Å². The number of carbonyl (C=O) groups excluding carboxylic acids is 1. The number of halogens is 2. The number of urea groups is 1. The van der Waals surface area contributed by atoms with Crippen molar-refractivity contribution in [3.63, 3.8) is 0 Å². The molecule has 1 aliphatic rings. The summed E-state index contributed by atoms with van der Waals surface area (Å²) < 4.78 is 28.9. The fourth-order valence-electron chi connectivity index (χ4n) is 3.41. The van der Waals surface area contributed by atoms with Crippen molar-refractivity contribution in [2.45, 2.75) is 25.6 Å². The third-order valence-corrected chi connectivity index (χ3v) is 4.97. The van der Waals surface area contributed by atoms with Crippen LogP contribution in [-0.2, 0) is 0 Å². The van der Waals surface area contributed by atoms with Gasteiger partial charge in [-0.25, -0.2) is 4.79 Å². The minimum Gasteiger partial charge on any atom is -0.435 e. The molecule has 2 unspecified atom stereocenters. The van der Waals surface area contributed by atoms with Gasteiger partial charge in [-0.2, -0.15) is 8.78 Å². The third kappa shape index (κ3) is 4.98. The number of piperazine rings is 1. The molecule has 2 aromatic rings. The molecule has 3 rings (SSSR count). The Morgan fingerprint density at radius 1 is 1.11 bits per heavy atom. The highest BCUT2D eigenvalue weighted by Crippen LogP contribution is 2.26. The van der Waals surface area contributed by atoms with Crippen LogP contribution in [0.1, 0.15) is 30.1 Å². The number of carbonyl (C=O) groups is 1. The van der Waals surface area contributed by atoms with E-state index in [0.717, 1.165) is 24.2 Å². The molecular weight excluding hydrogens is 364 g/mol. The first-order valence-corrected chi connectivity index (χ1v) is 9.29. The van der Waals surface area contributed by atoms with Crippen LogP contribution < -0.4 is 10.1 Å². The Labute approximate surface area is 163 Å². The zero-order valence-corrected chi connectivity index (χ0v) is 16.0. The lowest BCUT2D eigenvalue weighted by molar-refractivity contribution is -0.0498. The molecule has 28 heavy (non-hydrogen) atoms. The average molecular weight is 389 g/mol. The number of hydrogen-bond donors (Lipinski definition) is 1. The van der Waals surface area contributed by atoms with Crippen molar-refractivity contribution in [2.24, 2.45) is 0 Å². The lowest BCUT2D eigenvalue weighted by Crippen LogP contribution is -2.52. The minimum atomic E-state index is -2.85. The zero-order valence-electron chi connectivity index (χ0n) is 16.0. The van der Waals surface area contributed by atoms with Crippen molar-refractivity contribution in [3.05, 3.63) is 65.7 Å². The monoisotopic (exact) mass is 389 g/mol. The highest BCUT2D eigenvalue weighted by Gasteiger charge is 2.30. The number of alkyl halides is 2. The highest BCUT2D eigenvalue weighted by molar-refractivity contribution is 5.75. The Kier molecular flexibility index (Phi) is 6.46. The summed E-state index contributed by atoms with van der Waals surface area (Å²) in [5.41, 5.74) is 1.92. The SMILES string of the molecule is CC(NC(=O)N1CCN(C)CC1c1ccccc1)c1ccc(OC(F)F)cc1. The van der Waals surface area contributed by atoms with E-state index in [1.807, 2.05) is 42.2 Å². The normalized spacial score (nSPS) is 18.8. The van der Waals surface area contributed by atoms with E-state index in [1.165, 1.54) is 12.1 Å². The van der Waals surface area contributed by atoms with E-state index < -0.39 is 6.61 Å². The second-order valence-electron chi connectivity index (χ2n) is 7.00. The molecule has 0 aromatic heterocycles. The van der Waals surface area contributed by atoms with E-state index in [4.69, 9.17) is 0 Å². The van der Waals surface area contributed by atoms with Crippen LogP contribution in [0.15, 0.2) is 54.6 Å². The van der Waals surface area contributed by atoms with Gasteiger partial charge in [-0.15, -0.1) is 0 Å². The van der Waals surface area contributed by atoms with Crippen LogP contribution in [0, 0.1) is 0 Å². The van der Waals surface area contributed by atoms with E-state index >= 15 is 0 Å². The molecule has 0 saturated carbocycles. The van der Waals surface area contributed by atoms with Crippen molar-refractivity contribution in [2.75, 3.05) is 26.7 Å². The van der Waals surface area contributed by atoms with Crippen LogP contribution in [0.5, 0.6) is 5.75 Å². The summed E-state index contributed by atoms with van der Waals surface area (Å²) in [5.74, 6) is 0.0977. The van der Waals surface area contributed by atoms with Crippen molar-refractivity contribution >= 4 is 6.03 Å². The molecule has 1 aliphatic heterocycles. The first-order valence-electron chi connectivity index (χ1n) is 9.29. The Balaban J connectivity index is 1.68. The van der Waals surface area contributed by atoms with Crippen molar-refractivity contribution < 1.29 is 18.3 Å². The van der Waals surface area contributed by atoms with Gasteiger partial charge in [0.25, 0.3) is 0 Å². The Bertz CT molecular complexity index is 771. The standard InChI is InChI=1S/C21H25F2N3O2/c1-15(16-8-10-18(11-9-16)28-20(22)23)24-21(27)26-13-12-25(2)14-19(26)17-6-4-3-5-7-17/h3-11,15,19-20H,12-14H2,1-2H3,(H,24,27). The fraction of sp³-hybridized carbons (Fsp3) is 0.381. The number of benzene rings is 2. The van der Waals surface area contributed by atoms with Crippen molar-refractivity contribution in [1.29, 1.82) is 0 Å². The number of likely N-dealkylation sites (N-methyl/N-ethyl adjacent to an activating group) is 1. The zero-order chi connectivity index (χ0) is 20.1. The Morgan fingerprint density at radius 2 is 1.79 bits per heavy atom. The second-order valence-corrected chi connectivity index (χ2v) is 7.00. The van der Waals surface area contributed by atoms with Crippen LogP contribution in [0.25, 0.3) is 0 Å². The quantitative estimate of drug-likeness (QED) is 0.839. The van der Waals surface area contributed by atoms with Crippen molar-refractivity contribution in [3.8, 4) is 5.75 Å². The molecule has 1 fully saturated rings.